The van der Waals surface area contributed by atoms with Crippen LogP contribution in [0.3, 0.4) is 0 Å². The number of nitrogens with zero attached hydrogens (tertiary/aromatic N) is 1. The number of hydrogen-bond acceptors (Lipinski definition) is 2. The number of carbonyl (C=O) groups is 1. The lowest BCUT2D eigenvalue weighted by atomic mass is 9.75. The lowest BCUT2D eigenvalue weighted by Crippen LogP contribution is -2.50. The van der Waals surface area contributed by atoms with E-state index in [2.05, 4.69) is 11.8 Å². The lowest BCUT2D eigenvalue weighted by molar-refractivity contribution is -0.136. The molecule has 1 heterocycles. The van der Waals surface area contributed by atoms with E-state index in [0.717, 1.165) is 31.8 Å². The number of rotatable bonds is 4. The molecular weight excluding hydrogens is 248 g/mol. The van der Waals surface area contributed by atoms with Crippen LogP contribution in [0.1, 0.15) is 71.1 Å². The minimum atomic E-state index is 0.394. The molecule has 1 saturated carbocycles. The Morgan fingerprint density at radius 3 is 2.75 bits per heavy atom. The Bertz CT molecular complexity index is 305. The molecule has 2 rings (SSSR count). The SMILES string of the molecule is CCCC1CCC(CN)C(N2CCCCCCC2=O)C1. The largest absolute Gasteiger partial charge is 0.339 e. The van der Waals surface area contributed by atoms with E-state index in [1.807, 2.05) is 0 Å². The zero-order valence-corrected chi connectivity index (χ0v) is 13.2. The quantitative estimate of drug-likeness (QED) is 0.858. The van der Waals surface area contributed by atoms with Crippen molar-refractivity contribution in [2.45, 2.75) is 77.2 Å². The average molecular weight is 280 g/mol. The Morgan fingerprint density at radius 1 is 1.20 bits per heavy atom. The van der Waals surface area contributed by atoms with Gasteiger partial charge in [-0.05, 0) is 50.5 Å². The monoisotopic (exact) mass is 280 g/mol. The molecule has 0 bridgehead atoms. The highest BCUT2D eigenvalue weighted by Crippen LogP contribution is 2.35. The van der Waals surface area contributed by atoms with Crippen molar-refractivity contribution in [3.05, 3.63) is 0 Å². The van der Waals surface area contributed by atoms with E-state index in [-0.39, 0.29) is 0 Å². The van der Waals surface area contributed by atoms with E-state index < -0.39 is 0 Å². The molecule has 2 fully saturated rings. The Hall–Kier alpha value is -0.570. The summed E-state index contributed by atoms with van der Waals surface area (Å²) >= 11 is 0. The molecule has 0 aromatic heterocycles. The first-order valence-electron chi connectivity index (χ1n) is 8.75. The van der Waals surface area contributed by atoms with Gasteiger partial charge >= 0.3 is 0 Å². The molecule has 3 nitrogen and oxygen atoms in total. The van der Waals surface area contributed by atoms with Crippen molar-refractivity contribution in [2.24, 2.45) is 17.6 Å². The lowest BCUT2D eigenvalue weighted by Gasteiger charge is -2.43. The number of nitrogens with two attached hydrogens (primary N) is 1. The second-order valence-electron chi connectivity index (χ2n) is 6.78. The fraction of sp³-hybridized carbons (Fsp3) is 0.941. The predicted octanol–water partition coefficient (Wildman–Crippen LogP) is 3.32. The molecule has 2 N–H and O–H groups in total. The van der Waals surface area contributed by atoms with Crippen LogP contribution in [0.15, 0.2) is 0 Å². The van der Waals surface area contributed by atoms with Crippen LogP contribution in [0.4, 0.5) is 0 Å². The average Bonchev–Trinajstić information content (AvgIpc) is 2.44. The van der Waals surface area contributed by atoms with Crippen LogP contribution < -0.4 is 5.73 Å². The summed E-state index contributed by atoms with van der Waals surface area (Å²) < 4.78 is 0. The summed E-state index contributed by atoms with van der Waals surface area (Å²) in [7, 11) is 0. The molecule has 0 aromatic rings. The van der Waals surface area contributed by atoms with Crippen molar-refractivity contribution in [3.63, 3.8) is 0 Å². The Morgan fingerprint density at radius 2 is 2.00 bits per heavy atom. The molecule has 20 heavy (non-hydrogen) atoms. The first kappa shape index (κ1) is 15.8. The molecule has 1 aliphatic carbocycles. The van der Waals surface area contributed by atoms with E-state index in [0.29, 0.717) is 17.9 Å². The van der Waals surface area contributed by atoms with Gasteiger partial charge in [0.05, 0.1) is 0 Å². The maximum atomic E-state index is 12.5. The van der Waals surface area contributed by atoms with Gasteiger partial charge in [-0.25, -0.2) is 0 Å². The van der Waals surface area contributed by atoms with Crippen molar-refractivity contribution >= 4 is 5.91 Å². The van der Waals surface area contributed by atoms with Crippen LogP contribution in [0.5, 0.6) is 0 Å². The van der Waals surface area contributed by atoms with Gasteiger partial charge in [0.15, 0.2) is 0 Å². The summed E-state index contributed by atoms with van der Waals surface area (Å²) in [5.41, 5.74) is 6.00. The fourth-order valence-corrected chi connectivity index (χ4v) is 4.15. The van der Waals surface area contributed by atoms with Crippen molar-refractivity contribution < 1.29 is 4.79 Å². The minimum Gasteiger partial charge on any atom is -0.339 e. The van der Waals surface area contributed by atoms with Crippen molar-refractivity contribution in [1.29, 1.82) is 0 Å². The third kappa shape index (κ3) is 3.97. The molecule has 1 amide bonds. The maximum Gasteiger partial charge on any atom is 0.222 e. The first-order chi connectivity index (χ1) is 9.76. The third-order valence-corrected chi connectivity index (χ3v) is 5.32. The number of likely N-dealkylation sites (tertiary alicyclic amines) is 1. The van der Waals surface area contributed by atoms with E-state index in [1.165, 1.54) is 51.4 Å². The van der Waals surface area contributed by atoms with Crippen LogP contribution in [0, 0.1) is 11.8 Å². The molecular formula is C17H32N2O. The summed E-state index contributed by atoms with van der Waals surface area (Å²) in [6, 6.07) is 0.427. The molecule has 3 heteroatoms. The molecule has 3 atom stereocenters. The van der Waals surface area contributed by atoms with Gasteiger partial charge in [-0.1, -0.05) is 32.6 Å². The van der Waals surface area contributed by atoms with E-state index in [4.69, 9.17) is 5.73 Å². The molecule has 0 spiro atoms. The molecule has 3 unspecified atom stereocenters. The minimum absolute atomic E-state index is 0.394. The molecule has 2 aliphatic rings. The van der Waals surface area contributed by atoms with E-state index in [9.17, 15) is 4.79 Å². The summed E-state index contributed by atoms with van der Waals surface area (Å²) in [5, 5.41) is 0. The summed E-state index contributed by atoms with van der Waals surface area (Å²) in [5.74, 6) is 1.74. The first-order valence-corrected chi connectivity index (χ1v) is 8.75. The standard InChI is InChI=1S/C17H32N2O/c1-2-7-14-9-10-15(13-18)16(12-14)19-11-6-4-3-5-8-17(19)20/h14-16H,2-13,18H2,1H3. The van der Waals surface area contributed by atoms with E-state index >= 15 is 0 Å². The molecule has 1 aliphatic heterocycles. The number of carbonyl (C=O) groups excluding carboxylic acids is 1. The van der Waals surface area contributed by atoms with Crippen LogP contribution >= 0.6 is 0 Å². The highest BCUT2D eigenvalue weighted by atomic mass is 16.2. The molecule has 0 aromatic carbocycles. The van der Waals surface area contributed by atoms with Gasteiger partial charge < -0.3 is 10.6 Å². The number of hydrogen-bond donors (Lipinski definition) is 1. The molecule has 1 saturated heterocycles. The zero-order chi connectivity index (χ0) is 14.4. The second-order valence-corrected chi connectivity index (χ2v) is 6.78. The zero-order valence-electron chi connectivity index (χ0n) is 13.2. The van der Waals surface area contributed by atoms with Crippen molar-refractivity contribution in [1.82, 2.24) is 4.90 Å². The van der Waals surface area contributed by atoms with Crippen LogP contribution in [0.25, 0.3) is 0 Å². The van der Waals surface area contributed by atoms with Gasteiger partial charge in [0.2, 0.25) is 5.91 Å². The summed E-state index contributed by atoms with van der Waals surface area (Å²) in [4.78, 5) is 14.7. The highest BCUT2D eigenvalue weighted by molar-refractivity contribution is 5.76. The highest BCUT2D eigenvalue weighted by Gasteiger charge is 2.35. The maximum absolute atomic E-state index is 12.5. The predicted molar refractivity (Wildman–Crippen MR) is 83.4 cm³/mol. The summed E-state index contributed by atoms with van der Waals surface area (Å²) in [6.07, 6.45) is 11.8. The van der Waals surface area contributed by atoms with Gasteiger partial charge in [-0.15, -0.1) is 0 Å². The molecule has 0 radical (unpaired) electrons. The second kappa shape index (κ2) is 8.02. The summed E-state index contributed by atoms with van der Waals surface area (Å²) in [6.45, 7) is 3.98. The smallest absolute Gasteiger partial charge is 0.222 e. The van der Waals surface area contributed by atoms with Gasteiger partial charge in [-0.2, -0.15) is 0 Å². The van der Waals surface area contributed by atoms with Crippen molar-refractivity contribution in [2.75, 3.05) is 13.1 Å². The number of amides is 1. The topological polar surface area (TPSA) is 46.3 Å². The molecule has 116 valence electrons. The van der Waals surface area contributed by atoms with Gasteiger partial charge in [-0.3, -0.25) is 4.79 Å². The Kier molecular flexibility index (Phi) is 6.34. The Labute approximate surface area is 124 Å². The van der Waals surface area contributed by atoms with Gasteiger partial charge in [0.1, 0.15) is 0 Å². The third-order valence-electron chi connectivity index (χ3n) is 5.32. The fourth-order valence-electron chi connectivity index (χ4n) is 4.15. The van der Waals surface area contributed by atoms with Gasteiger partial charge in [0.25, 0.3) is 0 Å². The van der Waals surface area contributed by atoms with Gasteiger partial charge in [0, 0.05) is 19.0 Å². The van der Waals surface area contributed by atoms with E-state index in [1.54, 1.807) is 0 Å². The van der Waals surface area contributed by atoms with Crippen LogP contribution in [-0.2, 0) is 4.79 Å². The van der Waals surface area contributed by atoms with Crippen molar-refractivity contribution in [3.8, 4) is 0 Å². The normalized spacial score (nSPS) is 32.8. The van der Waals surface area contributed by atoms with Crippen LogP contribution in [-0.4, -0.2) is 29.9 Å². The van der Waals surface area contributed by atoms with Crippen LogP contribution in [0.2, 0.25) is 0 Å². The Balaban J connectivity index is 2.05.